The van der Waals surface area contributed by atoms with Crippen LogP contribution in [0, 0.1) is 11.8 Å². The average Bonchev–Trinajstić information content (AvgIpc) is 2.67. The van der Waals surface area contributed by atoms with Crippen molar-refractivity contribution in [3.63, 3.8) is 0 Å². The molecule has 1 fully saturated rings. The number of hydrogen-bond donors (Lipinski definition) is 0. The minimum Gasteiger partial charge on any atom is -0.497 e. The van der Waals surface area contributed by atoms with Crippen molar-refractivity contribution in [2.24, 2.45) is 0 Å². The van der Waals surface area contributed by atoms with Gasteiger partial charge in [-0.15, -0.1) is 0 Å². The van der Waals surface area contributed by atoms with Crippen LogP contribution in [0.2, 0.25) is 0 Å². The molecule has 1 aliphatic rings. The van der Waals surface area contributed by atoms with Gasteiger partial charge in [0.2, 0.25) is 0 Å². The Morgan fingerprint density at radius 1 is 0.958 bits per heavy atom. The van der Waals surface area contributed by atoms with Gasteiger partial charge in [0.25, 0.3) is 5.91 Å². The molecule has 122 valence electrons. The van der Waals surface area contributed by atoms with E-state index >= 15 is 0 Å². The maximum absolute atomic E-state index is 12.4. The standard InChI is InChI=1S/C20H19NO3/c1-23-19-10-6-17(7-11-19)3-2-16-4-8-18(9-5-16)20(22)21-12-14-24-15-13-21/h4-11H,12-15H2,1H3. The number of benzene rings is 2. The first-order valence-electron chi connectivity index (χ1n) is 7.89. The van der Waals surface area contributed by atoms with E-state index in [1.54, 1.807) is 7.11 Å². The van der Waals surface area contributed by atoms with E-state index in [1.807, 2.05) is 53.4 Å². The van der Waals surface area contributed by atoms with Crippen LogP contribution >= 0.6 is 0 Å². The number of hydrogen-bond acceptors (Lipinski definition) is 3. The van der Waals surface area contributed by atoms with Crippen LogP contribution in [-0.2, 0) is 4.74 Å². The summed E-state index contributed by atoms with van der Waals surface area (Å²) in [6.45, 7) is 2.52. The van der Waals surface area contributed by atoms with E-state index in [1.165, 1.54) is 0 Å². The summed E-state index contributed by atoms with van der Waals surface area (Å²) in [4.78, 5) is 14.2. The summed E-state index contributed by atoms with van der Waals surface area (Å²) in [6, 6.07) is 15.0. The van der Waals surface area contributed by atoms with Gasteiger partial charge in [0, 0.05) is 29.8 Å². The van der Waals surface area contributed by atoms with Crippen LogP contribution in [0.3, 0.4) is 0 Å². The van der Waals surface area contributed by atoms with Crippen LogP contribution in [0.5, 0.6) is 5.75 Å². The lowest BCUT2D eigenvalue weighted by molar-refractivity contribution is 0.0303. The minimum atomic E-state index is 0.0490. The van der Waals surface area contributed by atoms with Gasteiger partial charge in [-0.3, -0.25) is 4.79 Å². The molecule has 0 aliphatic carbocycles. The minimum absolute atomic E-state index is 0.0490. The van der Waals surface area contributed by atoms with Crippen LogP contribution in [-0.4, -0.2) is 44.2 Å². The highest BCUT2D eigenvalue weighted by atomic mass is 16.5. The van der Waals surface area contributed by atoms with Gasteiger partial charge >= 0.3 is 0 Å². The lowest BCUT2D eigenvalue weighted by Crippen LogP contribution is -2.40. The van der Waals surface area contributed by atoms with E-state index in [4.69, 9.17) is 9.47 Å². The van der Waals surface area contributed by atoms with Gasteiger partial charge in [0.1, 0.15) is 5.75 Å². The fourth-order valence-corrected chi connectivity index (χ4v) is 2.46. The number of ether oxygens (including phenoxy) is 2. The number of carbonyl (C=O) groups excluding carboxylic acids is 1. The van der Waals surface area contributed by atoms with Gasteiger partial charge in [0.05, 0.1) is 20.3 Å². The lowest BCUT2D eigenvalue weighted by Gasteiger charge is -2.26. The van der Waals surface area contributed by atoms with Gasteiger partial charge in [-0.05, 0) is 48.5 Å². The molecule has 3 rings (SSSR count). The highest BCUT2D eigenvalue weighted by molar-refractivity contribution is 5.94. The van der Waals surface area contributed by atoms with Gasteiger partial charge < -0.3 is 14.4 Å². The maximum Gasteiger partial charge on any atom is 0.254 e. The van der Waals surface area contributed by atoms with E-state index in [0.717, 1.165) is 16.9 Å². The van der Waals surface area contributed by atoms with E-state index in [2.05, 4.69) is 11.8 Å². The third-order valence-electron chi connectivity index (χ3n) is 3.87. The molecular formula is C20H19NO3. The normalized spacial score (nSPS) is 13.8. The van der Waals surface area contributed by atoms with E-state index in [9.17, 15) is 4.79 Å². The Kier molecular flexibility index (Phi) is 5.15. The molecule has 0 spiro atoms. The zero-order valence-corrected chi connectivity index (χ0v) is 13.6. The number of nitrogens with zero attached hydrogens (tertiary/aromatic N) is 1. The number of carbonyl (C=O) groups is 1. The van der Waals surface area contributed by atoms with Gasteiger partial charge in [-0.1, -0.05) is 11.8 Å². The second-order valence-corrected chi connectivity index (χ2v) is 5.46. The summed E-state index contributed by atoms with van der Waals surface area (Å²) >= 11 is 0. The van der Waals surface area contributed by atoms with Crippen molar-refractivity contribution in [3.05, 3.63) is 65.2 Å². The average molecular weight is 321 g/mol. The van der Waals surface area contributed by atoms with Crippen LogP contribution in [0.25, 0.3) is 0 Å². The monoisotopic (exact) mass is 321 g/mol. The second-order valence-electron chi connectivity index (χ2n) is 5.46. The predicted molar refractivity (Wildman–Crippen MR) is 92.1 cm³/mol. The highest BCUT2D eigenvalue weighted by Crippen LogP contribution is 2.11. The molecule has 4 heteroatoms. The molecule has 0 N–H and O–H groups in total. The molecule has 24 heavy (non-hydrogen) atoms. The van der Waals surface area contributed by atoms with E-state index < -0.39 is 0 Å². The zero-order chi connectivity index (χ0) is 16.8. The molecule has 2 aromatic carbocycles. The summed E-state index contributed by atoms with van der Waals surface area (Å²) in [6.07, 6.45) is 0. The molecule has 1 heterocycles. The molecule has 4 nitrogen and oxygen atoms in total. The Morgan fingerprint density at radius 2 is 1.50 bits per heavy atom. The van der Waals surface area contributed by atoms with Crippen molar-refractivity contribution >= 4 is 5.91 Å². The van der Waals surface area contributed by atoms with Crippen molar-refractivity contribution in [3.8, 4) is 17.6 Å². The number of amides is 1. The van der Waals surface area contributed by atoms with Crippen LogP contribution in [0.15, 0.2) is 48.5 Å². The second kappa shape index (κ2) is 7.67. The topological polar surface area (TPSA) is 38.8 Å². The fourth-order valence-electron chi connectivity index (χ4n) is 2.46. The van der Waals surface area contributed by atoms with Crippen molar-refractivity contribution in [2.45, 2.75) is 0 Å². The summed E-state index contributed by atoms with van der Waals surface area (Å²) < 4.78 is 10.4. The molecule has 0 unspecified atom stereocenters. The predicted octanol–water partition coefficient (Wildman–Crippen LogP) is 2.57. The summed E-state index contributed by atoms with van der Waals surface area (Å²) in [5.74, 6) is 7.08. The highest BCUT2D eigenvalue weighted by Gasteiger charge is 2.17. The van der Waals surface area contributed by atoms with Gasteiger partial charge in [-0.2, -0.15) is 0 Å². The number of methoxy groups -OCH3 is 1. The third-order valence-corrected chi connectivity index (χ3v) is 3.87. The Hall–Kier alpha value is -2.77. The Morgan fingerprint density at radius 3 is 2.04 bits per heavy atom. The molecule has 0 radical (unpaired) electrons. The number of morpholine rings is 1. The molecule has 1 saturated heterocycles. The molecule has 0 bridgehead atoms. The maximum atomic E-state index is 12.4. The Bertz CT molecular complexity index is 748. The molecule has 1 aliphatic heterocycles. The summed E-state index contributed by atoms with van der Waals surface area (Å²) in [5, 5.41) is 0. The van der Waals surface area contributed by atoms with E-state index in [0.29, 0.717) is 31.9 Å². The van der Waals surface area contributed by atoms with E-state index in [-0.39, 0.29) is 5.91 Å². The number of rotatable bonds is 2. The Balaban J connectivity index is 1.68. The van der Waals surface area contributed by atoms with Gasteiger partial charge in [-0.25, -0.2) is 0 Å². The van der Waals surface area contributed by atoms with Gasteiger partial charge in [0.15, 0.2) is 0 Å². The van der Waals surface area contributed by atoms with Crippen molar-refractivity contribution in [2.75, 3.05) is 33.4 Å². The first kappa shape index (κ1) is 16.1. The quantitative estimate of drug-likeness (QED) is 0.798. The summed E-state index contributed by atoms with van der Waals surface area (Å²) in [5.41, 5.74) is 2.49. The lowest BCUT2D eigenvalue weighted by atomic mass is 10.1. The largest absolute Gasteiger partial charge is 0.497 e. The molecular weight excluding hydrogens is 302 g/mol. The third kappa shape index (κ3) is 3.95. The molecule has 0 atom stereocenters. The molecule has 0 aromatic heterocycles. The van der Waals surface area contributed by atoms with Crippen LogP contribution in [0.1, 0.15) is 21.5 Å². The first-order chi connectivity index (χ1) is 11.8. The fraction of sp³-hybridized carbons (Fsp3) is 0.250. The smallest absolute Gasteiger partial charge is 0.254 e. The van der Waals surface area contributed by atoms with Crippen molar-refractivity contribution in [1.29, 1.82) is 0 Å². The first-order valence-corrected chi connectivity index (χ1v) is 7.89. The zero-order valence-electron chi connectivity index (χ0n) is 13.6. The summed E-state index contributed by atoms with van der Waals surface area (Å²) in [7, 11) is 1.64. The van der Waals surface area contributed by atoms with Crippen molar-refractivity contribution in [1.82, 2.24) is 4.90 Å². The van der Waals surface area contributed by atoms with Crippen LogP contribution in [0.4, 0.5) is 0 Å². The SMILES string of the molecule is COc1ccc(C#Cc2ccc(C(=O)N3CCOCC3)cc2)cc1. The molecule has 1 amide bonds. The van der Waals surface area contributed by atoms with Crippen molar-refractivity contribution < 1.29 is 14.3 Å². The molecule has 0 saturated carbocycles. The Labute approximate surface area is 142 Å². The molecule has 2 aromatic rings. The van der Waals surface area contributed by atoms with Crippen LogP contribution < -0.4 is 4.74 Å².